The summed E-state index contributed by atoms with van der Waals surface area (Å²) in [6, 6.07) is 5.08. The van der Waals surface area contributed by atoms with Crippen LogP contribution in [-0.2, 0) is 11.3 Å². The summed E-state index contributed by atoms with van der Waals surface area (Å²) in [6.07, 6.45) is 2.53. The molecule has 0 fully saturated rings. The smallest absolute Gasteiger partial charge is 0.320 e. The third-order valence-electron chi connectivity index (χ3n) is 2.70. The van der Waals surface area contributed by atoms with Crippen LogP contribution in [0.3, 0.4) is 0 Å². The number of aliphatic carboxylic acids is 1. The molecule has 1 atom stereocenters. The number of rotatable bonds is 7. The summed E-state index contributed by atoms with van der Waals surface area (Å²) in [5.41, 5.74) is 0.905. The molecule has 0 amide bonds. The van der Waals surface area contributed by atoms with Crippen molar-refractivity contribution in [1.29, 1.82) is 0 Å². The van der Waals surface area contributed by atoms with Crippen LogP contribution in [0, 0.1) is 0 Å². The molecule has 1 aromatic carbocycles. The molecule has 1 aromatic rings. The molecule has 0 bridgehead atoms. The van der Waals surface area contributed by atoms with Gasteiger partial charge in [0.15, 0.2) is 0 Å². The standard InChI is InChI=1S/C13H17BrClNO2/c1-2-3-4-12(13(17)18)16-8-9-5-6-10(14)7-11(9)15/h5-7,12,16H,2-4,8H2,1H3,(H,17,18)/t12-/m0/s1. The molecule has 0 spiro atoms. The SMILES string of the molecule is CCCC[C@H](NCc1ccc(Br)cc1Cl)C(=O)O. The molecule has 0 aliphatic heterocycles. The van der Waals surface area contributed by atoms with E-state index in [9.17, 15) is 4.79 Å². The van der Waals surface area contributed by atoms with E-state index in [1.54, 1.807) is 6.07 Å². The monoisotopic (exact) mass is 333 g/mol. The van der Waals surface area contributed by atoms with Crippen LogP contribution >= 0.6 is 27.5 Å². The Balaban J connectivity index is 2.58. The first-order valence-corrected chi connectivity index (χ1v) is 7.11. The Bertz CT molecular complexity index is 412. The van der Waals surface area contributed by atoms with Gasteiger partial charge in [0, 0.05) is 16.0 Å². The van der Waals surface area contributed by atoms with Gasteiger partial charge in [-0.2, -0.15) is 0 Å². The Labute approximate surface area is 121 Å². The molecule has 0 heterocycles. The summed E-state index contributed by atoms with van der Waals surface area (Å²) in [5, 5.41) is 12.8. The van der Waals surface area contributed by atoms with Crippen molar-refractivity contribution in [2.45, 2.75) is 38.8 Å². The number of carboxylic acids is 1. The van der Waals surface area contributed by atoms with Gasteiger partial charge in [-0.3, -0.25) is 4.79 Å². The summed E-state index contributed by atoms with van der Waals surface area (Å²) in [4.78, 5) is 11.1. The van der Waals surface area contributed by atoms with E-state index in [-0.39, 0.29) is 0 Å². The van der Waals surface area contributed by atoms with Crippen molar-refractivity contribution in [2.75, 3.05) is 0 Å². The van der Waals surface area contributed by atoms with Gasteiger partial charge in [0.05, 0.1) is 0 Å². The molecule has 0 aromatic heterocycles. The van der Waals surface area contributed by atoms with Gasteiger partial charge >= 0.3 is 5.97 Å². The summed E-state index contributed by atoms with van der Waals surface area (Å²) >= 11 is 9.41. The lowest BCUT2D eigenvalue weighted by Crippen LogP contribution is -2.36. The number of carbonyl (C=O) groups is 1. The number of hydrogen-bond donors (Lipinski definition) is 2. The Kier molecular flexibility index (Phi) is 6.68. The molecule has 100 valence electrons. The minimum atomic E-state index is -0.809. The number of nitrogens with one attached hydrogen (secondary N) is 1. The summed E-state index contributed by atoms with van der Waals surface area (Å²) in [6.45, 7) is 2.51. The molecule has 3 nitrogen and oxygen atoms in total. The van der Waals surface area contributed by atoms with Crippen molar-refractivity contribution in [3.63, 3.8) is 0 Å². The van der Waals surface area contributed by atoms with Crippen molar-refractivity contribution in [3.8, 4) is 0 Å². The maximum atomic E-state index is 11.1. The Hall–Kier alpha value is -0.580. The van der Waals surface area contributed by atoms with Gasteiger partial charge in [-0.15, -0.1) is 0 Å². The predicted octanol–water partition coefficient (Wildman–Crippen LogP) is 3.84. The molecule has 5 heteroatoms. The first-order chi connectivity index (χ1) is 8.54. The molecule has 0 saturated carbocycles. The van der Waals surface area contributed by atoms with Crippen LogP contribution in [0.4, 0.5) is 0 Å². The molecule has 0 radical (unpaired) electrons. The minimum absolute atomic E-state index is 0.465. The zero-order valence-electron chi connectivity index (χ0n) is 10.2. The number of unbranched alkanes of at least 4 members (excludes halogenated alkanes) is 1. The second-order valence-electron chi connectivity index (χ2n) is 4.15. The van der Waals surface area contributed by atoms with Gasteiger partial charge in [0.1, 0.15) is 6.04 Å². The highest BCUT2D eigenvalue weighted by Crippen LogP contribution is 2.21. The lowest BCUT2D eigenvalue weighted by atomic mass is 10.1. The van der Waals surface area contributed by atoms with Crippen LogP contribution < -0.4 is 5.32 Å². The van der Waals surface area contributed by atoms with Crippen LogP contribution in [-0.4, -0.2) is 17.1 Å². The van der Waals surface area contributed by atoms with E-state index >= 15 is 0 Å². The molecule has 2 N–H and O–H groups in total. The van der Waals surface area contributed by atoms with Crippen molar-refractivity contribution in [3.05, 3.63) is 33.3 Å². The fourth-order valence-electron chi connectivity index (χ4n) is 1.62. The maximum Gasteiger partial charge on any atom is 0.320 e. The number of carboxylic acid groups (broad SMARTS) is 1. The van der Waals surface area contributed by atoms with E-state index in [1.165, 1.54) is 0 Å². The molecule has 0 unspecified atom stereocenters. The lowest BCUT2D eigenvalue weighted by Gasteiger charge is -2.14. The van der Waals surface area contributed by atoms with Crippen molar-refractivity contribution >= 4 is 33.5 Å². The van der Waals surface area contributed by atoms with E-state index in [0.29, 0.717) is 18.0 Å². The molecule has 0 saturated heterocycles. The molecule has 1 rings (SSSR count). The normalized spacial score (nSPS) is 12.4. The third kappa shape index (κ3) is 4.96. The maximum absolute atomic E-state index is 11.1. The Morgan fingerprint density at radius 1 is 1.56 bits per heavy atom. The van der Waals surface area contributed by atoms with Gasteiger partial charge in [-0.05, 0) is 24.1 Å². The van der Waals surface area contributed by atoms with Crippen LogP contribution in [0.2, 0.25) is 5.02 Å². The van der Waals surface area contributed by atoms with Gasteiger partial charge < -0.3 is 10.4 Å². The average Bonchev–Trinajstić information content (AvgIpc) is 2.31. The van der Waals surface area contributed by atoms with Crippen LogP contribution in [0.15, 0.2) is 22.7 Å². The Morgan fingerprint density at radius 3 is 2.83 bits per heavy atom. The van der Waals surface area contributed by atoms with Gasteiger partial charge in [0.25, 0.3) is 0 Å². The zero-order chi connectivity index (χ0) is 13.5. The van der Waals surface area contributed by atoms with E-state index in [4.69, 9.17) is 16.7 Å². The van der Waals surface area contributed by atoms with E-state index in [1.807, 2.05) is 19.1 Å². The third-order valence-corrected chi connectivity index (χ3v) is 3.54. The quantitative estimate of drug-likeness (QED) is 0.796. The van der Waals surface area contributed by atoms with Gasteiger partial charge in [-0.1, -0.05) is 53.4 Å². The molecule has 0 aliphatic carbocycles. The zero-order valence-corrected chi connectivity index (χ0v) is 12.6. The second kappa shape index (κ2) is 7.77. The van der Waals surface area contributed by atoms with Crippen molar-refractivity contribution in [2.24, 2.45) is 0 Å². The predicted molar refractivity (Wildman–Crippen MR) is 76.9 cm³/mol. The molecular formula is C13H17BrClNO2. The number of hydrogen-bond acceptors (Lipinski definition) is 2. The fraction of sp³-hybridized carbons (Fsp3) is 0.462. The molecular weight excluding hydrogens is 318 g/mol. The molecule has 18 heavy (non-hydrogen) atoms. The van der Waals surface area contributed by atoms with E-state index in [0.717, 1.165) is 22.9 Å². The van der Waals surface area contributed by atoms with E-state index in [2.05, 4.69) is 21.2 Å². The average molecular weight is 335 g/mol. The van der Waals surface area contributed by atoms with Crippen molar-refractivity contribution in [1.82, 2.24) is 5.32 Å². The highest BCUT2D eigenvalue weighted by Gasteiger charge is 2.16. The first kappa shape index (κ1) is 15.5. The topological polar surface area (TPSA) is 49.3 Å². The lowest BCUT2D eigenvalue weighted by molar-refractivity contribution is -0.139. The highest BCUT2D eigenvalue weighted by molar-refractivity contribution is 9.10. The van der Waals surface area contributed by atoms with Crippen LogP contribution in [0.1, 0.15) is 31.7 Å². The highest BCUT2D eigenvalue weighted by atomic mass is 79.9. The summed E-state index contributed by atoms with van der Waals surface area (Å²) in [7, 11) is 0. The minimum Gasteiger partial charge on any atom is -0.480 e. The molecule has 0 aliphatic rings. The van der Waals surface area contributed by atoms with E-state index < -0.39 is 12.0 Å². The van der Waals surface area contributed by atoms with Gasteiger partial charge in [-0.25, -0.2) is 0 Å². The summed E-state index contributed by atoms with van der Waals surface area (Å²) in [5.74, 6) is -0.809. The second-order valence-corrected chi connectivity index (χ2v) is 5.47. The first-order valence-electron chi connectivity index (χ1n) is 5.94. The van der Waals surface area contributed by atoms with Crippen LogP contribution in [0.5, 0.6) is 0 Å². The fourth-order valence-corrected chi connectivity index (χ4v) is 2.36. The number of halogens is 2. The summed E-state index contributed by atoms with van der Waals surface area (Å²) < 4.78 is 0.914. The van der Waals surface area contributed by atoms with Crippen LogP contribution in [0.25, 0.3) is 0 Å². The van der Waals surface area contributed by atoms with Gasteiger partial charge in [0.2, 0.25) is 0 Å². The number of benzene rings is 1. The van der Waals surface area contributed by atoms with Crippen molar-refractivity contribution < 1.29 is 9.90 Å². The Morgan fingerprint density at radius 2 is 2.28 bits per heavy atom. The largest absolute Gasteiger partial charge is 0.480 e.